The standard InChI is InChI=1S/C14H14Br2O2S/c1-7-6-9(15)8(2)12(14(7)18-3)13(17)10-4-5-11(16)19-10/h4-6,13,17H,1-3H3. The largest absolute Gasteiger partial charge is 0.496 e. The van der Waals surface area contributed by atoms with Gasteiger partial charge in [0.1, 0.15) is 11.9 Å². The molecule has 0 aliphatic rings. The van der Waals surface area contributed by atoms with Crippen LogP contribution in [0.5, 0.6) is 5.75 Å². The Bertz CT molecular complexity index is 608. The topological polar surface area (TPSA) is 29.5 Å². The first-order valence-electron chi connectivity index (χ1n) is 5.72. The molecule has 2 aromatic rings. The minimum atomic E-state index is -0.678. The molecule has 5 heteroatoms. The van der Waals surface area contributed by atoms with Crippen LogP contribution in [0.15, 0.2) is 26.5 Å². The Kier molecular flexibility index (Phi) is 4.71. The van der Waals surface area contributed by atoms with E-state index in [4.69, 9.17) is 4.74 Å². The lowest BCUT2D eigenvalue weighted by Gasteiger charge is -2.19. The van der Waals surface area contributed by atoms with Gasteiger partial charge in [0.15, 0.2) is 0 Å². The third-order valence-electron chi connectivity index (χ3n) is 3.05. The van der Waals surface area contributed by atoms with Gasteiger partial charge >= 0.3 is 0 Å². The zero-order valence-corrected chi connectivity index (χ0v) is 14.8. The number of aliphatic hydroxyl groups is 1. The fourth-order valence-electron chi connectivity index (χ4n) is 2.09. The van der Waals surface area contributed by atoms with Crippen LogP contribution in [-0.4, -0.2) is 12.2 Å². The highest BCUT2D eigenvalue weighted by molar-refractivity contribution is 9.11. The summed E-state index contributed by atoms with van der Waals surface area (Å²) in [6.45, 7) is 3.96. The van der Waals surface area contributed by atoms with Crippen LogP contribution in [0.1, 0.15) is 27.7 Å². The average Bonchev–Trinajstić information content (AvgIpc) is 2.79. The molecule has 2 rings (SSSR count). The number of thiophene rings is 1. The van der Waals surface area contributed by atoms with Gasteiger partial charge in [0.2, 0.25) is 0 Å². The van der Waals surface area contributed by atoms with Crippen molar-refractivity contribution in [3.63, 3.8) is 0 Å². The lowest BCUT2D eigenvalue weighted by Crippen LogP contribution is -2.05. The van der Waals surface area contributed by atoms with Crippen LogP contribution in [0.3, 0.4) is 0 Å². The van der Waals surface area contributed by atoms with Crippen molar-refractivity contribution in [2.24, 2.45) is 0 Å². The molecule has 0 fully saturated rings. The first-order valence-corrected chi connectivity index (χ1v) is 8.12. The molecule has 1 aromatic carbocycles. The maximum absolute atomic E-state index is 10.6. The number of benzene rings is 1. The highest BCUT2D eigenvalue weighted by Crippen LogP contribution is 2.41. The molecule has 0 radical (unpaired) electrons. The molecule has 0 amide bonds. The van der Waals surface area contributed by atoms with E-state index in [1.807, 2.05) is 32.0 Å². The molecule has 0 aliphatic heterocycles. The fraction of sp³-hybridized carbons (Fsp3) is 0.286. The first-order chi connectivity index (χ1) is 8.95. The van der Waals surface area contributed by atoms with E-state index in [-0.39, 0.29) is 0 Å². The summed E-state index contributed by atoms with van der Waals surface area (Å²) in [6, 6.07) is 5.87. The molecule has 0 saturated carbocycles. The van der Waals surface area contributed by atoms with Crippen molar-refractivity contribution in [1.29, 1.82) is 0 Å². The van der Waals surface area contributed by atoms with Crippen molar-refractivity contribution < 1.29 is 9.84 Å². The second-order valence-electron chi connectivity index (χ2n) is 4.29. The number of hydrogen-bond acceptors (Lipinski definition) is 3. The SMILES string of the molecule is COc1c(C)cc(Br)c(C)c1C(O)c1ccc(Br)s1. The van der Waals surface area contributed by atoms with Crippen molar-refractivity contribution in [3.8, 4) is 5.75 Å². The summed E-state index contributed by atoms with van der Waals surface area (Å²) in [5, 5.41) is 10.6. The van der Waals surface area contributed by atoms with Gasteiger partial charge in [-0.15, -0.1) is 11.3 Å². The smallest absolute Gasteiger partial charge is 0.128 e. The van der Waals surface area contributed by atoms with E-state index in [9.17, 15) is 5.11 Å². The van der Waals surface area contributed by atoms with Gasteiger partial charge in [0, 0.05) is 14.9 Å². The van der Waals surface area contributed by atoms with Gasteiger partial charge in [-0.25, -0.2) is 0 Å². The summed E-state index contributed by atoms with van der Waals surface area (Å²) in [4.78, 5) is 0.894. The van der Waals surface area contributed by atoms with E-state index in [0.29, 0.717) is 0 Å². The predicted octanol–water partition coefficient (Wildman–Crippen LogP) is 4.98. The van der Waals surface area contributed by atoms with Crippen LogP contribution in [-0.2, 0) is 0 Å². The lowest BCUT2D eigenvalue weighted by molar-refractivity contribution is 0.217. The van der Waals surface area contributed by atoms with Gasteiger partial charge in [-0.2, -0.15) is 0 Å². The van der Waals surface area contributed by atoms with Gasteiger partial charge in [0.05, 0.1) is 10.9 Å². The maximum Gasteiger partial charge on any atom is 0.128 e. The molecule has 102 valence electrons. The third kappa shape index (κ3) is 2.89. The first kappa shape index (κ1) is 15.0. The monoisotopic (exact) mass is 404 g/mol. The predicted molar refractivity (Wildman–Crippen MR) is 86.2 cm³/mol. The Morgan fingerprint density at radius 3 is 2.47 bits per heavy atom. The molecular weight excluding hydrogens is 392 g/mol. The summed E-state index contributed by atoms with van der Waals surface area (Å²) in [6.07, 6.45) is -0.678. The van der Waals surface area contributed by atoms with E-state index in [1.54, 1.807) is 7.11 Å². The quantitative estimate of drug-likeness (QED) is 0.780. The zero-order chi connectivity index (χ0) is 14.2. The van der Waals surface area contributed by atoms with Crippen molar-refractivity contribution >= 4 is 43.2 Å². The number of halogens is 2. The molecule has 0 bridgehead atoms. The van der Waals surface area contributed by atoms with Crippen molar-refractivity contribution in [2.45, 2.75) is 20.0 Å². The van der Waals surface area contributed by atoms with Gasteiger partial charge in [-0.05, 0) is 59.1 Å². The minimum absolute atomic E-state index is 0.678. The number of ether oxygens (including phenoxy) is 1. The average molecular weight is 406 g/mol. The second-order valence-corrected chi connectivity index (χ2v) is 7.64. The van der Waals surface area contributed by atoms with Gasteiger partial charge in [-0.1, -0.05) is 15.9 Å². The van der Waals surface area contributed by atoms with Crippen LogP contribution in [0.25, 0.3) is 0 Å². The molecule has 2 nitrogen and oxygen atoms in total. The molecule has 1 unspecified atom stereocenters. The summed E-state index contributed by atoms with van der Waals surface area (Å²) in [5.41, 5.74) is 2.83. The lowest BCUT2D eigenvalue weighted by atomic mass is 9.98. The van der Waals surface area contributed by atoms with E-state index < -0.39 is 6.10 Å². The van der Waals surface area contributed by atoms with Crippen LogP contribution in [0.4, 0.5) is 0 Å². The molecule has 1 N–H and O–H groups in total. The Morgan fingerprint density at radius 1 is 1.26 bits per heavy atom. The normalized spacial score (nSPS) is 12.5. The molecular formula is C14H14Br2O2S. The highest BCUT2D eigenvalue weighted by Gasteiger charge is 2.22. The number of rotatable bonds is 3. The Labute approximate surface area is 133 Å². The second kappa shape index (κ2) is 5.95. The van der Waals surface area contributed by atoms with E-state index in [1.165, 1.54) is 11.3 Å². The molecule has 1 heterocycles. The minimum Gasteiger partial charge on any atom is -0.496 e. The highest BCUT2D eigenvalue weighted by atomic mass is 79.9. The molecule has 1 aromatic heterocycles. The van der Waals surface area contributed by atoms with Crippen molar-refractivity contribution in [2.75, 3.05) is 7.11 Å². The summed E-state index contributed by atoms with van der Waals surface area (Å²) in [7, 11) is 1.64. The van der Waals surface area contributed by atoms with Crippen molar-refractivity contribution in [1.82, 2.24) is 0 Å². The van der Waals surface area contributed by atoms with E-state index >= 15 is 0 Å². The maximum atomic E-state index is 10.6. The molecule has 0 aliphatic carbocycles. The van der Waals surface area contributed by atoms with Crippen LogP contribution in [0, 0.1) is 13.8 Å². The van der Waals surface area contributed by atoms with Crippen molar-refractivity contribution in [3.05, 3.63) is 48.0 Å². The molecule has 1 atom stereocenters. The molecule has 19 heavy (non-hydrogen) atoms. The number of aryl methyl sites for hydroxylation is 1. The summed E-state index contributed by atoms with van der Waals surface area (Å²) in [5.74, 6) is 0.748. The molecule has 0 saturated heterocycles. The Balaban J connectivity index is 2.60. The van der Waals surface area contributed by atoms with E-state index in [2.05, 4.69) is 31.9 Å². The van der Waals surface area contributed by atoms with Crippen LogP contribution < -0.4 is 4.74 Å². The van der Waals surface area contributed by atoms with Gasteiger partial charge < -0.3 is 9.84 Å². The summed E-state index contributed by atoms with van der Waals surface area (Å²) >= 11 is 8.48. The number of hydrogen-bond donors (Lipinski definition) is 1. The third-order valence-corrected chi connectivity index (χ3v) is 5.55. The van der Waals surface area contributed by atoms with Gasteiger partial charge in [-0.3, -0.25) is 0 Å². The van der Waals surface area contributed by atoms with Crippen LogP contribution in [0.2, 0.25) is 0 Å². The number of aliphatic hydroxyl groups excluding tert-OH is 1. The zero-order valence-electron chi connectivity index (χ0n) is 10.8. The fourth-order valence-corrected chi connectivity index (χ4v) is 4.07. The molecule has 0 spiro atoms. The Hall–Kier alpha value is -0.360. The van der Waals surface area contributed by atoms with Crippen LogP contribution >= 0.6 is 43.2 Å². The van der Waals surface area contributed by atoms with E-state index in [0.717, 1.165) is 35.6 Å². The Morgan fingerprint density at radius 2 is 1.95 bits per heavy atom. The summed E-state index contributed by atoms with van der Waals surface area (Å²) < 4.78 is 7.46. The van der Waals surface area contributed by atoms with Gasteiger partial charge in [0.25, 0.3) is 0 Å². The number of methoxy groups -OCH3 is 1.